The van der Waals surface area contributed by atoms with Crippen LogP contribution < -0.4 is 9.47 Å². The van der Waals surface area contributed by atoms with Gasteiger partial charge in [0.2, 0.25) is 0 Å². The van der Waals surface area contributed by atoms with E-state index < -0.39 is 11.6 Å². The SMILES string of the molecule is CCOC(=O)c1nn(-c2ccc(Cl)cc2Cl)c2c1C(C)(C)Oc1cc(OCc3ccccc3)ccc1-2. The van der Waals surface area contributed by atoms with Gasteiger partial charge in [-0.3, -0.25) is 0 Å². The molecule has 0 unspecified atom stereocenters. The summed E-state index contributed by atoms with van der Waals surface area (Å²) in [7, 11) is 0. The highest BCUT2D eigenvalue weighted by molar-refractivity contribution is 6.35. The predicted octanol–water partition coefficient (Wildman–Crippen LogP) is 7.23. The predicted molar refractivity (Wildman–Crippen MR) is 139 cm³/mol. The van der Waals surface area contributed by atoms with Crippen LogP contribution in [0.2, 0.25) is 10.0 Å². The molecule has 0 saturated heterocycles. The van der Waals surface area contributed by atoms with Gasteiger partial charge in [-0.2, -0.15) is 5.10 Å². The number of ether oxygens (including phenoxy) is 3. The molecule has 0 bridgehead atoms. The van der Waals surface area contributed by atoms with Crippen LogP contribution in [0, 0.1) is 0 Å². The van der Waals surface area contributed by atoms with Crippen molar-refractivity contribution < 1.29 is 19.0 Å². The lowest BCUT2D eigenvalue weighted by Crippen LogP contribution is -2.31. The average molecular weight is 523 g/mol. The Morgan fingerprint density at radius 3 is 2.56 bits per heavy atom. The molecule has 1 aromatic heterocycles. The zero-order chi connectivity index (χ0) is 25.4. The van der Waals surface area contributed by atoms with Crippen molar-refractivity contribution in [1.82, 2.24) is 9.78 Å². The summed E-state index contributed by atoms with van der Waals surface area (Å²) in [5.41, 5.74) is 3.01. The van der Waals surface area contributed by atoms with Gasteiger partial charge in [-0.25, -0.2) is 9.48 Å². The first-order valence-electron chi connectivity index (χ1n) is 11.5. The fourth-order valence-corrected chi connectivity index (χ4v) is 4.83. The van der Waals surface area contributed by atoms with E-state index in [4.69, 9.17) is 37.4 Å². The van der Waals surface area contributed by atoms with E-state index in [9.17, 15) is 4.79 Å². The van der Waals surface area contributed by atoms with E-state index in [2.05, 4.69) is 5.10 Å². The minimum atomic E-state index is -0.889. The van der Waals surface area contributed by atoms with Crippen molar-refractivity contribution in [3.63, 3.8) is 0 Å². The molecular formula is C28H24Cl2N2O4. The molecule has 0 fully saturated rings. The highest BCUT2D eigenvalue weighted by Gasteiger charge is 2.42. The Morgan fingerprint density at radius 2 is 1.83 bits per heavy atom. The standard InChI is InChI=1S/C28H24Cl2N2O4/c1-4-34-27(33)25-24-26(32(31-25)22-13-10-18(29)14-21(22)30)20-12-11-19(15-23(20)36-28(24,2)3)35-16-17-8-6-5-7-9-17/h5-15H,4,16H2,1-3H3. The van der Waals surface area contributed by atoms with Crippen molar-refractivity contribution in [1.29, 1.82) is 0 Å². The Bertz CT molecular complexity index is 1450. The van der Waals surface area contributed by atoms with E-state index >= 15 is 0 Å². The van der Waals surface area contributed by atoms with Crippen LogP contribution in [0.1, 0.15) is 42.4 Å². The van der Waals surface area contributed by atoms with Crippen molar-refractivity contribution >= 4 is 29.2 Å². The van der Waals surface area contributed by atoms with Gasteiger partial charge in [0.1, 0.15) is 23.7 Å². The summed E-state index contributed by atoms with van der Waals surface area (Å²) in [4.78, 5) is 12.9. The number of fused-ring (bicyclic) bond motifs is 3. The summed E-state index contributed by atoms with van der Waals surface area (Å²) < 4.78 is 19.4. The maximum atomic E-state index is 12.9. The van der Waals surface area contributed by atoms with Crippen LogP contribution in [0.15, 0.2) is 66.7 Å². The number of aromatic nitrogens is 2. The molecule has 2 heterocycles. The molecule has 0 N–H and O–H groups in total. The Morgan fingerprint density at radius 1 is 1.06 bits per heavy atom. The van der Waals surface area contributed by atoms with E-state index in [1.165, 1.54) is 0 Å². The maximum Gasteiger partial charge on any atom is 0.359 e. The van der Waals surface area contributed by atoms with E-state index in [-0.39, 0.29) is 12.3 Å². The smallest absolute Gasteiger partial charge is 0.359 e. The Kier molecular flexibility index (Phi) is 6.41. The molecule has 0 radical (unpaired) electrons. The number of carbonyl (C=O) groups excluding carboxylic acids is 1. The van der Waals surface area contributed by atoms with Crippen molar-refractivity contribution in [2.24, 2.45) is 0 Å². The number of halogens is 2. The second-order valence-corrected chi connectivity index (χ2v) is 9.69. The van der Waals surface area contributed by atoms with E-state index in [1.54, 1.807) is 29.8 Å². The summed E-state index contributed by atoms with van der Waals surface area (Å²) in [6.07, 6.45) is 0. The minimum absolute atomic E-state index is 0.179. The highest BCUT2D eigenvalue weighted by Crippen LogP contribution is 2.49. The Hall–Kier alpha value is -3.48. The van der Waals surface area contributed by atoms with Crippen molar-refractivity contribution in [3.8, 4) is 28.4 Å². The molecule has 0 amide bonds. The molecule has 6 nitrogen and oxygen atoms in total. The summed E-state index contributed by atoms with van der Waals surface area (Å²) in [5, 5.41) is 5.57. The maximum absolute atomic E-state index is 12.9. The molecule has 3 aromatic carbocycles. The summed E-state index contributed by atoms with van der Waals surface area (Å²) in [6, 6.07) is 20.7. The first-order valence-corrected chi connectivity index (χ1v) is 12.3. The van der Waals surface area contributed by atoms with E-state index in [0.717, 1.165) is 11.1 Å². The molecule has 36 heavy (non-hydrogen) atoms. The fourth-order valence-electron chi connectivity index (χ4n) is 4.35. The molecule has 0 saturated carbocycles. The lowest BCUT2D eigenvalue weighted by molar-refractivity contribution is 0.0499. The number of hydrogen-bond acceptors (Lipinski definition) is 5. The monoisotopic (exact) mass is 522 g/mol. The van der Waals surface area contributed by atoms with Crippen molar-refractivity contribution in [2.45, 2.75) is 33.0 Å². The van der Waals surface area contributed by atoms with Crippen LogP contribution >= 0.6 is 23.2 Å². The van der Waals surface area contributed by atoms with Crippen LogP contribution in [0.25, 0.3) is 16.9 Å². The molecule has 4 aromatic rings. The van der Waals surface area contributed by atoms with E-state index in [0.29, 0.717) is 45.1 Å². The van der Waals surface area contributed by atoms with Crippen LogP contribution in [0.3, 0.4) is 0 Å². The van der Waals surface area contributed by atoms with Crippen molar-refractivity contribution in [3.05, 3.63) is 93.6 Å². The molecule has 0 atom stereocenters. The number of rotatable bonds is 6. The lowest BCUT2D eigenvalue weighted by atomic mass is 9.89. The Balaban J connectivity index is 1.65. The lowest BCUT2D eigenvalue weighted by Gasteiger charge is -2.33. The summed E-state index contributed by atoms with van der Waals surface area (Å²) >= 11 is 12.7. The molecule has 0 spiro atoms. The zero-order valence-corrected chi connectivity index (χ0v) is 21.6. The third-order valence-corrected chi connectivity index (χ3v) is 6.45. The van der Waals surface area contributed by atoms with Crippen LogP contribution in [0.4, 0.5) is 0 Å². The van der Waals surface area contributed by atoms with Gasteiger partial charge in [-0.15, -0.1) is 0 Å². The quantitative estimate of drug-likeness (QED) is 0.250. The number of benzene rings is 3. The van der Waals surface area contributed by atoms with Crippen LogP contribution in [-0.4, -0.2) is 22.4 Å². The van der Waals surface area contributed by atoms with Crippen molar-refractivity contribution in [2.75, 3.05) is 6.61 Å². The fraction of sp³-hybridized carbons (Fsp3) is 0.214. The highest BCUT2D eigenvalue weighted by atomic mass is 35.5. The van der Waals surface area contributed by atoms with Gasteiger partial charge in [-0.05, 0) is 56.7 Å². The van der Waals surface area contributed by atoms with Gasteiger partial charge >= 0.3 is 5.97 Å². The van der Waals surface area contributed by atoms with Gasteiger partial charge in [0.15, 0.2) is 5.69 Å². The second kappa shape index (κ2) is 9.52. The normalized spacial score (nSPS) is 13.4. The Labute approximate surface area is 219 Å². The molecule has 1 aliphatic rings. The third kappa shape index (κ3) is 4.43. The largest absolute Gasteiger partial charge is 0.489 e. The van der Waals surface area contributed by atoms with Gasteiger partial charge < -0.3 is 14.2 Å². The van der Waals surface area contributed by atoms with Gasteiger partial charge in [0.25, 0.3) is 0 Å². The first kappa shape index (κ1) is 24.2. The topological polar surface area (TPSA) is 62.6 Å². The molecule has 1 aliphatic heterocycles. The van der Waals surface area contributed by atoms with Gasteiger partial charge in [0, 0.05) is 16.7 Å². The van der Waals surface area contributed by atoms with Gasteiger partial charge in [0.05, 0.1) is 28.6 Å². The zero-order valence-electron chi connectivity index (χ0n) is 20.0. The molecular weight excluding hydrogens is 499 g/mol. The number of esters is 1. The molecule has 0 aliphatic carbocycles. The number of hydrogen-bond donors (Lipinski definition) is 0. The third-order valence-electron chi connectivity index (χ3n) is 5.92. The number of carbonyl (C=O) groups is 1. The van der Waals surface area contributed by atoms with E-state index in [1.807, 2.05) is 62.4 Å². The molecule has 8 heteroatoms. The minimum Gasteiger partial charge on any atom is -0.489 e. The van der Waals surface area contributed by atoms with Crippen LogP contribution in [-0.2, 0) is 16.9 Å². The first-order chi connectivity index (χ1) is 17.3. The molecule has 184 valence electrons. The van der Waals surface area contributed by atoms with Gasteiger partial charge in [-0.1, -0.05) is 53.5 Å². The summed E-state index contributed by atoms with van der Waals surface area (Å²) in [6.45, 7) is 6.20. The summed E-state index contributed by atoms with van der Waals surface area (Å²) in [5.74, 6) is 0.748. The second-order valence-electron chi connectivity index (χ2n) is 8.84. The average Bonchev–Trinajstić information content (AvgIpc) is 3.25. The molecule has 5 rings (SSSR count). The van der Waals surface area contributed by atoms with Crippen LogP contribution in [0.5, 0.6) is 11.5 Å². The number of nitrogens with zero attached hydrogens (tertiary/aromatic N) is 2.